The minimum Gasteiger partial charge on any atom is -0.461 e. The van der Waals surface area contributed by atoms with Gasteiger partial charge in [-0.1, -0.05) is 61.4 Å². The van der Waals surface area contributed by atoms with Crippen LogP contribution < -0.4 is 0 Å². The topological polar surface area (TPSA) is 26.3 Å². The first-order valence-corrected chi connectivity index (χ1v) is 7.63. The van der Waals surface area contributed by atoms with E-state index in [0.29, 0.717) is 13.0 Å². The highest BCUT2D eigenvalue weighted by Gasteiger charge is 2.21. The van der Waals surface area contributed by atoms with Gasteiger partial charge in [-0.2, -0.15) is 0 Å². The van der Waals surface area contributed by atoms with Gasteiger partial charge in [-0.3, -0.25) is 4.79 Å². The maximum Gasteiger partial charge on any atom is 0.306 e. The molecule has 1 fully saturated rings. The summed E-state index contributed by atoms with van der Waals surface area (Å²) in [5.41, 5.74) is 1.15. The van der Waals surface area contributed by atoms with E-state index in [1.165, 1.54) is 23.6 Å². The van der Waals surface area contributed by atoms with E-state index < -0.39 is 0 Å². The Morgan fingerprint density at radius 2 is 1.95 bits per heavy atom. The van der Waals surface area contributed by atoms with Crippen LogP contribution in [-0.2, 0) is 9.53 Å². The van der Waals surface area contributed by atoms with Gasteiger partial charge < -0.3 is 4.74 Å². The van der Waals surface area contributed by atoms with Crippen molar-refractivity contribution in [3.8, 4) is 0 Å². The average molecular weight is 280 g/mol. The second-order valence-electron chi connectivity index (χ2n) is 5.64. The average Bonchev–Trinajstić information content (AvgIpc) is 3.34. The van der Waals surface area contributed by atoms with Gasteiger partial charge >= 0.3 is 5.97 Å². The summed E-state index contributed by atoms with van der Waals surface area (Å²) in [6, 6.07) is 14.5. The highest BCUT2D eigenvalue weighted by Crippen LogP contribution is 2.33. The van der Waals surface area contributed by atoms with Gasteiger partial charge in [-0.15, -0.1) is 0 Å². The van der Waals surface area contributed by atoms with Gasteiger partial charge in [0.05, 0.1) is 0 Å². The summed E-state index contributed by atoms with van der Waals surface area (Å²) in [5, 5.41) is 2.44. The molecule has 3 rings (SSSR count). The fourth-order valence-corrected chi connectivity index (χ4v) is 2.51. The number of carbonyl (C=O) groups excluding carboxylic acids is 1. The van der Waals surface area contributed by atoms with Crippen molar-refractivity contribution in [3.63, 3.8) is 0 Å². The van der Waals surface area contributed by atoms with Gasteiger partial charge in [-0.25, -0.2) is 0 Å². The van der Waals surface area contributed by atoms with Crippen molar-refractivity contribution in [2.24, 2.45) is 5.92 Å². The van der Waals surface area contributed by atoms with Crippen molar-refractivity contribution in [1.29, 1.82) is 0 Å². The van der Waals surface area contributed by atoms with Gasteiger partial charge in [0.1, 0.15) is 6.61 Å². The molecule has 2 aromatic carbocycles. The first-order valence-electron chi connectivity index (χ1n) is 7.63. The predicted molar refractivity (Wildman–Crippen MR) is 85.9 cm³/mol. The highest BCUT2D eigenvalue weighted by atomic mass is 16.5. The van der Waals surface area contributed by atoms with Crippen LogP contribution in [0.4, 0.5) is 0 Å². The van der Waals surface area contributed by atoms with Gasteiger partial charge in [0.2, 0.25) is 0 Å². The smallest absolute Gasteiger partial charge is 0.306 e. The summed E-state index contributed by atoms with van der Waals surface area (Å²) in [7, 11) is 0. The second-order valence-corrected chi connectivity index (χ2v) is 5.64. The van der Waals surface area contributed by atoms with E-state index in [4.69, 9.17) is 4.74 Å². The van der Waals surface area contributed by atoms with Crippen molar-refractivity contribution in [2.75, 3.05) is 6.61 Å². The zero-order valence-corrected chi connectivity index (χ0v) is 12.1. The molecule has 0 unspecified atom stereocenters. The number of fused-ring (bicyclic) bond motifs is 1. The van der Waals surface area contributed by atoms with E-state index >= 15 is 0 Å². The maximum atomic E-state index is 11.5. The lowest BCUT2D eigenvalue weighted by Crippen LogP contribution is -2.04. The maximum absolute atomic E-state index is 11.5. The van der Waals surface area contributed by atoms with Crippen LogP contribution in [0, 0.1) is 5.92 Å². The number of esters is 1. The molecule has 21 heavy (non-hydrogen) atoms. The molecule has 0 radical (unpaired) electrons. The number of hydrogen-bond donors (Lipinski definition) is 0. The Bertz CT molecular complexity index is 648. The van der Waals surface area contributed by atoms with Crippen LogP contribution in [0.5, 0.6) is 0 Å². The van der Waals surface area contributed by atoms with Gasteiger partial charge in [-0.05, 0) is 34.8 Å². The van der Waals surface area contributed by atoms with Crippen LogP contribution in [0.25, 0.3) is 16.8 Å². The monoisotopic (exact) mass is 280 g/mol. The molecule has 0 saturated heterocycles. The number of benzene rings is 2. The van der Waals surface area contributed by atoms with Crippen molar-refractivity contribution < 1.29 is 9.53 Å². The molecule has 1 aliphatic rings. The predicted octanol–water partition coefficient (Wildman–Crippen LogP) is 4.59. The third-order valence-electron chi connectivity index (χ3n) is 3.91. The van der Waals surface area contributed by atoms with Crippen LogP contribution in [-0.4, -0.2) is 12.6 Å². The molecule has 1 saturated carbocycles. The lowest BCUT2D eigenvalue weighted by atomic mass is 10.0. The molecular weight excluding hydrogens is 260 g/mol. The summed E-state index contributed by atoms with van der Waals surface area (Å²) in [5.74, 6) is 0.702. The largest absolute Gasteiger partial charge is 0.461 e. The third-order valence-corrected chi connectivity index (χ3v) is 3.91. The van der Waals surface area contributed by atoms with Crippen LogP contribution in [0.3, 0.4) is 0 Å². The number of rotatable bonds is 6. The summed E-state index contributed by atoms with van der Waals surface area (Å²) in [4.78, 5) is 11.5. The molecule has 108 valence electrons. The minimum absolute atomic E-state index is 0.0792. The molecule has 2 aromatic rings. The summed E-state index contributed by atoms with van der Waals surface area (Å²) in [6.45, 7) is 0.354. The molecule has 0 bridgehead atoms. The standard InChI is InChI=1S/C19H20O2/c20-19(13-12-15-10-11-15)21-14-4-8-17-7-3-6-16-5-1-2-9-18(16)17/h1-9,15H,10-14H2/b8-4+. The summed E-state index contributed by atoms with van der Waals surface area (Å²) in [6.07, 6.45) is 8.06. The molecule has 2 nitrogen and oxygen atoms in total. The quantitative estimate of drug-likeness (QED) is 0.724. The van der Waals surface area contributed by atoms with E-state index in [1.807, 2.05) is 30.4 Å². The fraction of sp³-hybridized carbons (Fsp3) is 0.316. The summed E-state index contributed by atoms with van der Waals surface area (Å²) < 4.78 is 5.23. The third kappa shape index (κ3) is 3.94. The van der Waals surface area contributed by atoms with E-state index in [0.717, 1.165) is 17.9 Å². The lowest BCUT2D eigenvalue weighted by molar-refractivity contribution is -0.142. The van der Waals surface area contributed by atoms with Crippen molar-refractivity contribution >= 4 is 22.8 Å². The number of carbonyl (C=O) groups is 1. The Balaban J connectivity index is 1.53. The highest BCUT2D eigenvalue weighted by molar-refractivity contribution is 5.90. The zero-order chi connectivity index (χ0) is 14.5. The van der Waals surface area contributed by atoms with Crippen molar-refractivity contribution in [1.82, 2.24) is 0 Å². The van der Waals surface area contributed by atoms with E-state index in [1.54, 1.807) is 0 Å². The Labute approximate surface area is 125 Å². The molecule has 0 atom stereocenters. The molecule has 0 N–H and O–H groups in total. The molecular formula is C19H20O2. The lowest BCUT2D eigenvalue weighted by Gasteiger charge is -2.03. The Kier molecular flexibility index (Phi) is 4.34. The van der Waals surface area contributed by atoms with Crippen LogP contribution in [0.1, 0.15) is 31.2 Å². The van der Waals surface area contributed by atoms with Gasteiger partial charge in [0, 0.05) is 6.42 Å². The summed E-state index contributed by atoms with van der Waals surface area (Å²) >= 11 is 0. The second kappa shape index (κ2) is 6.57. The van der Waals surface area contributed by atoms with Crippen molar-refractivity contribution in [2.45, 2.75) is 25.7 Å². The normalized spacial score (nSPS) is 14.7. The Morgan fingerprint density at radius 3 is 2.81 bits per heavy atom. The van der Waals surface area contributed by atoms with E-state index in [2.05, 4.69) is 24.3 Å². The molecule has 0 amide bonds. The number of ether oxygens (including phenoxy) is 1. The Hall–Kier alpha value is -2.09. The van der Waals surface area contributed by atoms with Crippen molar-refractivity contribution in [3.05, 3.63) is 54.1 Å². The number of hydrogen-bond acceptors (Lipinski definition) is 2. The molecule has 0 aromatic heterocycles. The molecule has 1 aliphatic carbocycles. The molecule has 0 heterocycles. The fourth-order valence-electron chi connectivity index (χ4n) is 2.51. The molecule has 2 heteroatoms. The Morgan fingerprint density at radius 1 is 1.14 bits per heavy atom. The van der Waals surface area contributed by atoms with Gasteiger partial charge in [0.15, 0.2) is 0 Å². The van der Waals surface area contributed by atoms with Crippen LogP contribution in [0.15, 0.2) is 48.5 Å². The van der Waals surface area contributed by atoms with Crippen LogP contribution in [0.2, 0.25) is 0 Å². The zero-order valence-electron chi connectivity index (χ0n) is 12.1. The first-order chi connectivity index (χ1) is 10.3. The minimum atomic E-state index is -0.0792. The van der Waals surface area contributed by atoms with E-state index in [-0.39, 0.29) is 5.97 Å². The van der Waals surface area contributed by atoms with Gasteiger partial charge in [0.25, 0.3) is 0 Å². The SMILES string of the molecule is O=C(CCC1CC1)OC/C=C/c1cccc2ccccc12. The first kappa shape index (κ1) is 13.9. The molecule has 0 spiro atoms. The van der Waals surface area contributed by atoms with E-state index in [9.17, 15) is 4.79 Å². The van der Waals surface area contributed by atoms with Crippen LogP contribution >= 0.6 is 0 Å². The molecule has 0 aliphatic heterocycles.